The first-order chi connectivity index (χ1) is 11.5. The van der Waals surface area contributed by atoms with Crippen molar-refractivity contribution in [2.75, 3.05) is 11.9 Å². The van der Waals surface area contributed by atoms with Gasteiger partial charge in [-0.3, -0.25) is 4.79 Å². The number of carbonyl (C=O) groups is 2. The molecule has 2 aromatic rings. The summed E-state index contributed by atoms with van der Waals surface area (Å²) < 4.78 is 18.5. The summed E-state index contributed by atoms with van der Waals surface area (Å²) >= 11 is 0. The second-order valence-electron chi connectivity index (χ2n) is 5.17. The van der Waals surface area contributed by atoms with Crippen LogP contribution in [0.5, 0.6) is 0 Å². The zero-order chi connectivity index (χ0) is 17.5. The van der Waals surface area contributed by atoms with E-state index in [-0.39, 0.29) is 11.5 Å². The molecule has 1 atom stereocenters. The van der Waals surface area contributed by atoms with Crippen LogP contribution in [0.2, 0.25) is 0 Å². The van der Waals surface area contributed by atoms with E-state index in [0.717, 1.165) is 6.08 Å². The number of para-hydroxylation sites is 1. The van der Waals surface area contributed by atoms with Gasteiger partial charge in [0.05, 0.1) is 0 Å². The van der Waals surface area contributed by atoms with Gasteiger partial charge in [0.15, 0.2) is 6.10 Å². The van der Waals surface area contributed by atoms with Crippen molar-refractivity contribution in [2.45, 2.75) is 13.0 Å². The fourth-order valence-corrected chi connectivity index (χ4v) is 2.08. The highest BCUT2D eigenvalue weighted by Crippen LogP contribution is 2.13. The molecule has 1 amide bonds. The Bertz CT molecular complexity index is 743. The van der Waals surface area contributed by atoms with Gasteiger partial charge in [-0.25, -0.2) is 9.18 Å². The Balaban J connectivity index is 1.96. The van der Waals surface area contributed by atoms with E-state index in [9.17, 15) is 14.0 Å². The predicted molar refractivity (Wildman–Crippen MR) is 90.8 cm³/mol. The fourth-order valence-electron chi connectivity index (χ4n) is 2.08. The number of amides is 1. The normalized spacial score (nSPS) is 12.0. The molecule has 24 heavy (non-hydrogen) atoms. The zero-order valence-electron chi connectivity index (χ0n) is 13.5. The number of nitrogens with zero attached hydrogens (tertiary/aromatic N) is 1. The highest BCUT2D eigenvalue weighted by atomic mass is 19.1. The van der Waals surface area contributed by atoms with Crippen molar-refractivity contribution in [2.24, 2.45) is 0 Å². The van der Waals surface area contributed by atoms with E-state index >= 15 is 0 Å². The number of hydrogen-bond donors (Lipinski definition) is 0. The second kappa shape index (κ2) is 8.06. The molecule has 0 saturated carbocycles. The van der Waals surface area contributed by atoms with Crippen LogP contribution in [-0.4, -0.2) is 25.0 Å². The third-order valence-corrected chi connectivity index (χ3v) is 3.42. The molecule has 0 saturated heterocycles. The van der Waals surface area contributed by atoms with Crippen LogP contribution in [0.4, 0.5) is 10.1 Å². The molecule has 2 aromatic carbocycles. The van der Waals surface area contributed by atoms with Gasteiger partial charge in [-0.2, -0.15) is 0 Å². The Labute approximate surface area is 140 Å². The van der Waals surface area contributed by atoms with Crippen molar-refractivity contribution in [1.29, 1.82) is 0 Å². The molecular weight excluding hydrogens is 309 g/mol. The first-order valence-corrected chi connectivity index (χ1v) is 7.45. The lowest BCUT2D eigenvalue weighted by Gasteiger charge is -2.21. The fraction of sp³-hybridized carbons (Fsp3) is 0.158. The molecule has 0 spiro atoms. The van der Waals surface area contributed by atoms with Crippen molar-refractivity contribution < 1.29 is 18.7 Å². The predicted octanol–water partition coefficient (Wildman–Crippen LogP) is 3.43. The molecule has 4 nitrogen and oxygen atoms in total. The number of rotatable bonds is 5. The summed E-state index contributed by atoms with van der Waals surface area (Å²) in [5, 5.41) is 0. The van der Waals surface area contributed by atoms with Crippen molar-refractivity contribution in [1.82, 2.24) is 0 Å². The minimum atomic E-state index is -0.951. The van der Waals surface area contributed by atoms with E-state index in [1.165, 1.54) is 30.0 Å². The first kappa shape index (κ1) is 17.4. The van der Waals surface area contributed by atoms with Gasteiger partial charge < -0.3 is 9.64 Å². The van der Waals surface area contributed by atoms with Crippen LogP contribution in [-0.2, 0) is 14.3 Å². The van der Waals surface area contributed by atoms with E-state index in [4.69, 9.17) is 4.74 Å². The molecule has 0 aliphatic heterocycles. The lowest BCUT2D eigenvalue weighted by Crippen LogP contribution is -2.37. The molecule has 0 bridgehead atoms. The Kier molecular flexibility index (Phi) is 5.84. The average molecular weight is 327 g/mol. The van der Waals surface area contributed by atoms with Crippen LogP contribution >= 0.6 is 0 Å². The van der Waals surface area contributed by atoms with E-state index in [1.54, 1.807) is 31.3 Å². The average Bonchev–Trinajstić information content (AvgIpc) is 2.60. The summed E-state index contributed by atoms with van der Waals surface area (Å²) in [6, 6.07) is 15.1. The van der Waals surface area contributed by atoms with Crippen molar-refractivity contribution in [3.05, 3.63) is 72.1 Å². The molecule has 2 rings (SSSR count). The second-order valence-corrected chi connectivity index (χ2v) is 5.17. The molecule has 0 fully saturated rings. The molecule has 0 heterocycles. The van der Waals surface area contributed by atoms with Gasteiger partial charge in [0.2, 0.25) is 0 Å². The van der Waals surface area contributed by atoms with Crippen LogP contribution in [0.1, 0.15) is 12.5 Å². The van der Waals surface area contributed by atoms with Crippen LogP contribution in [0.3, 0.4) is 0 Å². The summed E-state index contributed by atoms with van der Waals surface area (Å²) in [6.45, 7) is 1.50. The minimum absolute atomic E-state index is 0.273. The number of anilines is 1. The van der Waals surface area contributed by atoms with Gasteiger partial charge in [0.25, 0.3) is 5.91 Å². The number of halogens is 1. The van der Waals surface area contributed by atoms with E-state index in [2.05, 4.69) is 0 Å². The van der Waals surface area contributed by atoms with Gasteiger partial charge in [-0.05, 0) is 31.2 Å². The Morgan fingerprint density at radius 3 is 2.38 bits per heavy atom. The molecule has 0 aliphatic rings. The zero-order valence-corrected chi connectivity index (χ0v) is 13.5. The summed E-state index contributed by atoms with van der Waals surface area (Å²) in [4.78, 5) is 25.5. The molecule has 124 valence electrons. The standard InChI is InChI=1S/C19H18FNO3/c1-14(19(23)21(2)16-9-4-3-5-10-16)24-18(22)13-12-15-8-6-7-11-17(15)20/h3-14H,1-2H3/b13-12+/t14-/m0/s1. The van der Waals surface area contributed by atoms with Crippen molar-refractivity contribution >= 4 is 23.6 Å². The Morgan fingerprint density at radius 1 is 1.08 bits per heavy atom. The summed E-state index contributed by atoms with van der Waals surface area (Å²) in [7, 11) is 1.61. The summed E-state index contributed by atoms with van der Waals surface area (Å²) in [5.41, 5.74) is 0.974. The van der Waals surface area contributed by atoms with Crippen LogP contribution < -0.4 is 4.90 Å². The number of esters is 1. The monoisotopic (exact) mass is 327 g/mol. The van der Waals surface area contributed by atoms with Gasteiger partial charge in [0.1, 0.15) is 5.82 Å². The van der Waals surface area contributed by atoms with Gasteiger partial charge >= 0.3 is 5.97 Å². The summed E-state index contributed by atoms with van der Waals surface area (Å²) in [5.74, 6) is -1.50. The van der Waals surface area contributed by atoms with Gasteiger partial charge in [-0.1, -0.05) is 36.4 Å². The molecule has 0 radical (unpaired) electrons. The topological polar surface area (TPSA) is 46.6 Å². The number of carbonyl (C=O) groups excluding carboxylic acids is 2. The SMILES string of the molecule is C[C@H](OC(=O)/C=C/c1ccccc1F)C(=O)N(C)c1ccccc1. The van der Waals surface area contributed by atoms with Gasteiger partial charge in [0, 0.05) is 24.4 Å². The van der Waals surface area contributed by atoms with Crippen LogP contribution in [0.15, 0.2) is 60.7 Å². The minimum Gasteiger partial charge on any atom is -0.449 e. The van der Waals surface area contributed by atoms with E-state index < -0.39 is 17.9 Å². The number of benzene rings is 2. The molecule has 0 aromatic heterocycles. The van der Waals surface area contributed by atoms with E-state index in [1.807, 2.05) is 18.2 Å². The molecule has 0 aliphatic carbocycles. The molecular formula is C19H18FNO3. The Morgan fingerprint density at radius 2 is 1.71 bits per heavy atom. The van der Waals surface area contributed by atoms with E-state index in [0.29, 0.717) is 5.69 Å². The highest BCUT2D eigenvalue weighted by Gasteiger charge is 2.21. The number of ether oxygens (including phenoxy) is 1. The lowest BCUT2D eigenvalue weighted by atomic mass is 10.2. The summed E-state index contributed by atoms with van der Waals surface area (Å²) in [6.07, 6.45) is 1.47. The maximum Gasteiger partial charge on any atom is 0.331 e. The number of hydrogen-bond acceptors (Lipinski definition) is 3. The van der Waals surface area contributed by atoms with Crippen LogP contribution in [0, 0.1) is 5.82 Å². The maximum atomic E-state index is 13.5. The van der Waals surface area contributed by atoms with Crippen LogP contribution in [0.25, 0.3) is 6.08 Å². The van der Waals surface area contributed by atoms with Gasteiger partial charge in [-0.15, -0.1) is 0 Å². The van der Waals surface area contributed by atoms with Crippen molar-refractivity contribution in [3.63, 3.8) is 0 Å². The molecule has 0 unspecified atom stereocenters. The molecule has 0 N–H and O–H groups in total. The third kappa shape index (κ3) is 4.52. The lowest BCUT2D eigenvalue weighted by molar-refractivity contribution is -0.148. The largest absolute Gasteiger partial charge is 0.449 e. The van der Waals surface area contributed by atoms with Crippen molar-refractivity contribution in [3.8, 4) is 0 Å². The maximum absolute atomic E-state index is 13.5. The number of likely N-dealkylation sites (N-methyl/N-ethyl adjacent to an activating group) is 1. The quantitative estimate of drug-likeness (QED) is 0.624. The third-order valence-electron chi connectivity index (χ3n) is 3.42. The Hall–Kier alpha value is -2.95. The first-order valence-electron chi connectivity index (χ1n) is 7.45. The smallest absolute Gasteiger partial charge is 0.331 e. The molecule has 5 heteroatoms. The highest BCUT2D eigenvalue weighted by molar-refractivity contribution is 5.98.